The number of carbonyl (C=O) groups is 2. The number of carbonyl (C=O) groups excluding carboxylic acids is 2. The number of anilines is 2. The first-order chi connectivity index (χ1) is 12.1. The van der Waals surface area contributed by atoms with Crippen LogP contribution in [0.4, 0.5) is 11.4 Å². The van der Waals surface area contributed by atoms with Crippen molar-refractivity contribution in [2.45, 2.75) is 66.0 Å². The predicted octanol–water partition coefficient (Wildman–Crippen LogP) is 4.03. The maximum atomic E-state index is 12.3. The zero-order valence-electron chi connectivity index (χ0n) is 17.1. The third-order valence-corrected chi connectivity index (χ3v) is 4.49. The Morgan fingerprint density at radius 3 is 2.35 bits per heavy atom. The molecule has 26 heavy (non-hydrogen) atoms. The Morgan fingerprint density at radius 1 is 1.19 bits per heavy atom. The molecule has 1 N–H and O–H groups in total. The fraction of sp³-hybridized carbons (Fsp3) is 0.619. The smallest absolute Gasteiger partial charge is 0.224 e. The van der Waals surface area contributed by atoms with Crippen LogP contribution in [0, 0.1) is 5.41 Å². The van der Waals surface area contributed by atoms with Crippen molar-refractivity contribution in [1.29, 1.82) is 0 Å². The normalized spacial score (nSPS) is 14.1. The van der Waals surface area contributed by atoms with E-state index < -0.39 is 0 Å². The van der Waals surface area contributed by atoms with Crippen molar-refractivity contribution in [1.82, 2.24) is 4.90 Å². The van der Waals surface area contributed by atoms with Gasteiger partial charge in [0.15, 0.2) is 0 Å². The Bertz CT molecular complexity index is 658. The molecule has 0 saturated heterocycles. The van der Waals surface area contributed by atoms with Gasteiger partial charge < -0.3 is 15.1 Å². The van der Waals surface area contributed by atoms with E-state index in [-0.39, 0.29) is 17.2 Å². The van der Waals surface area contributed by atoms with Crippen LogP contribution in [0.1, 0.15) is 58.9 Å². The van der Waals surface area contributed by atoms with E-state index in [1.807, 2.05) is 44.1 Å². The zero-order valence-corrected chi connectivity index (χ0v) is 17.1. The summed E-state index contributed by atoms with van der Waals surface area (Å²) in [5.41, 5.74) is 2.89. The number of nitrogens with zero attached hydrogens (tertiary/aromatic N) is 2. The minimum absolute atomic E-state index is 0.0183. The SMILES string of the molecule is CCC(=O)N(Cc1cc(NC(=O)CC(C)(C)C)ccc1N(C)C)C1CC1. The lowest BCUT2D eigenvalue weighted by Gasteiger charge is -2.26. The topological polar surface area (TPSA) is 52.7 Å². The Labute approximate surface area is 157 Å². The van der Waals surface area contributed by atoms with Crippen LogP contribution in [0.5, 0.6) is 0 Å². The molecule has 5 heteroatoms. The van der Waals surface area contributed by atoms with Crippen LogP contribution in [0.15, 0.2) is 18.2 Å². The molecule has 2 rings (SSSR count). The Balaban J connectivity index is 2.22. The monoisotopic (exact) mass is 359 g/mol. The lowest BCUT2D eigenvalue weighted by Crippen LogP contribution is -2.32. The van der Waals surface area contributed by atoms with Gasteiger partial charge in [-0.1, -0.05) is 27.7 Å². The highest BCUT2D eigenvalue weighted by Crippen LogP contribution is 2.32. The van der Waals surface area contributed by atoms with Crippen molar-refractivity contribution in [3.63, 3.8) is 0 Å². The van der Waals surface area contributed by atoms with E-state index in [2.05, 4.69) is 31.0 Å². The van der Waals surface area contributed by atoms with Gasteiger partial charge in [-0.3, -0.25) is 9.59 Å². The second-order valence-corrected chi connectivity index (χ2v) is 8.63. The van der Waals surface area contributed by atoms with Crippen molar-refractivity contribution in [3.8, 4) is 0 Å². The molecule has 144 valence electrons. The summed E-state index contributed by atoms with van der Waals surface area (Å²) in [5.74, 6) is 0.212. The average Bonchev–Trinajstić information content (AvgIpc) is 3.34. The third-order valence-electron chi connectivity index (χ3n) is 4.49. The van der Waals surface area contributed by atoms with Crippen LogP contribution in [-0.2, 0) is 16.1 Å². The van der Waals surface area contributed by atoms with Gasteiger partial charge in [0, 0.05) is 50.9 Å². The molecule has 1 aromatic rings. The summed E-state index contributed by atoms with van der Waals surface area (Å²) in [5, 5.41) is 3.01. The standard InChI is InChI=1S/C21H33N3O2/c1-7-20(26)24(17-9-10-17)14-15-12-16(8-11-18(15)23(5)6)22-19(25)13-21(2,3)4/h8,11-12,17H,7,9-10,13-14H2,1-6H3,(H,22,25). The number of hydrogen-bond acceptors (Lipinski definition) is 3. The van der Waals surface area contributed by atoms with E-state index in [0.717, 1.165) is 29.8 Å². The van der Waals surface area contributed by atoms with Gasteiger partial charge in [0.05, 0.1) is 0 Å². The summed E-state index contributed by atoms with van der Waals surface area (Å²) in [4.78, 5) is 28.7. The Morgan fingerprint density at radius 2 is 1.85 bits per heavy atom. The average molecular weight is 360 g/mol. The Kier molecular flexibility index (Phi) is 6.32. The fourth-order valence-corrected chi connectivity index (χ4v) is 3.11. The van der Waals surface area contributed by atoms with Crippen LogP contribution in [0.25, 0.3) is 0 Å². The minimum atomic E-state index is -0.0488. The number of hydrogen-bond donors (Lipinski definition) is 1. The van der Waals surface area contributed by atoms with Crippen molar-refractivity contribution >= 4 is 23.2 Å². The number of amides is 2. The van der Waals surface area contributed by atoms with Gasteiger partial charge in [-0.15, -0.1) is 0 Å². The number of benzene rings is 1. The summed E-state index contributed by atoms with van der Waals surface area (Å²) in [6.07, 6.45) is 3.17. The number of nitrogens with one attached hydrogen (secondary N) is 1. The molecule has 0 unspecified atom stereocenters. The first-order valence-corrected chi connectivity index (χ1v) is 9.50. The largest absolute Gasteiger partial charge is 0.377 e. The number of rotatable bonds is 7. The predicted molar refractivity (Wildman–Crippen MR) is 107 cm³/mol. The molecule has 2 amide bonds. The molecule has 0 aliphatic heterocycles. The van der Waals surface area contributed by atoms with Crippen LogP contribution in [0.3, 0.4) is 0 Å². The molecular weight excluding hydrogens is 326 g/mol. The summed E-state index contributed by atoms with van der Waals surface area (Å²) in [6.45, 7) is 8.66. The van der Waals surface area contributed by atoms with Crippen LogP contribution in [0.2, 0.25) is 0 Å². The van der Waals surface area contributed by atoms with Gasteiger partial charge in [-0.05, 0) is 42.0 Å². The van der Waals surface area contributed by atoms with E-state index in [1.54, 1.807) is 0 Å². The summed E-state index contributed by atoms with van der Waals surface area (Å²) in [7, 11) is 4.00. The molecule has 0 aromatic heterocycles. The molecule has 0 bridgehead atoms. The third kappa shape index (κ3) is 5.75. The summed E-state index contributed by atoms with van der Waals surface area (Å²) in [6, 6.07) is 6.33. The van der Waals surface area contributed by atoms with Gasteiger partial charge in [0.1, 0.15) is 0 Å². The van der Waals surface area contributed by atoms with Gasteiger partial charge in [0.2, 0.25) is 11.8 Å². The highest BCUT2D eigenvalue weighted by atomic mass is 16.2. The second-order valence-electron chi connectivity index (χ2n) is 8.63. The molecular formula is C21H33N3O2. The van der Waals surface area contributed by atoms with Crippen LogP contribution >= 0.6 is 0 Å². The van der Waals surface area contributed by atoms with E-state index in [9.17, 15) is 9.59 Å². The molecule has 1 fully saturated rings. The molecule has 5 nitrogen and oxygen atoms in total. The van der Waals surface area contributed by atoms with Gasteiger partial charge >= 0.3 is 0 Å². The molecule has 1 aliphatic rings. The van der Waals surface area contributed by atoms with E-state index in [0.29, 0.717) is 25.4 Å². The lowest BCUT2D eigenvalue weighted by molar-refractivity contribution is -0.132. The molecule has 0 atom stereocenters. The second kappa shape index (κ2) is 8.11. The van der Waals surface area contributed by atoms with Gasteiger partial charge in [-0.25, -0.2) is 0 Å². The minimum Gasteiger partial charge on any atom is -0.377 e. The van der Waals surface area contributed by atoms with Crippen LogP contribution < -0.4 is 10.2 Å². The molecule has 1 aromatic carbocycles. The van der Waals surface area contributed by atoms with Gasteiger partial charge in [-0.2, -0.15) is 0 Å². The van der Waals surface area contributed by atoms with Crippen molar-refractivity contribution in [3.05, 3.63) is 23.8 Å². The van der Waals surface area contributed by atoms with Crippen molar-refractivity contribution in [2.24, 2.45) is 5.41 Å². The fourth-order valence-electron chi connectivity index (χ4n) is 3.11. The lowest BCUT2D eigenvalue weighted by atomic mass is 9.92. The van der Waals surface area contributed by atoms with Crippen molar-refractivity contribution in [2.75, 3.05) is 24.3 Å². The Hall–Kier alpha value is -2.04. The maximum Gasteiger partial charge on any atom is 0.224 e. The first kappa shape index (κ1) is 20.3. The maximum absolute atomic E-state index is 12.3. The van der Waals surface area contributed by atoms with Gasteiger partial charge in [0.25, 0.3) is 0 Å². The summed E-state index contributed by atoms with van der Waals surface area (Å²) >= 11 is 0. The summed E-state index contributed by atoms with van der Waals surface area (Å²) < 4.78 is 0. The van der Waals surface area contributed by atoms with E-state index in [4.69, 9.17) is 0 Å². The molecule has 1 saturated carbocycles. The first-order valence-electron chi connectivity index (χ1n) is 9.50. The highest BCUT2D eigenvalue weighted by molar-refractivity contribution is 5.91. The van der Waals surface area contributed by atoms with Crippen molar-refractivity contribution < 1.29 is 9.59 Å². The quantitative estimate of drug-likeness (QED) is 0.800. The van der Waals surface area contributed by atoms with Crippen LogP contribution in [-0.4, -0.2) is 36.9 Å². The zero-order chi connectivity index (χ0) is 19.5. The molecule has 0 spiro atoms. The van der Waals surface area contributed by atoms with E-state index in [1.165, 1.54) is 0 Å². The molecule has 0 heterocycles. The molecule has 1 aliphatic carbocycles. The van der Waals surface area contributed by atoms with E-state index >= 15 is 0 Å². The highest BCUT2D eigenvalue weighted by Gasteiger charge is 2.32. The molecule has 0 radical (unpaired) electrons.